The second-order valence-electron chi connectivity index (χ2n) is 10.1. The van der Waals surface area contributed by atoms with E-state index in [0.29, 0.717) is 33.9 Å². The van der Waals surface area contributed by atoms with E-state index >= 15 is 0 Å². The summed E-state index contributed by atoms with van der Waals surface area (Å²) in [4.78, 5) is 27.4. The van der Waals surface area contributed by atoms with Crippen LogP contribution in [0.5, 0.6) is 11.5 Å². The molecule has 1 atom stereocenters. The highest BCUT2D eigenvalue weighted by Gasteiger charge is 2.33. The lowest BCUT2D eigenvalue weighted by molar-refractivity contribution is -0.130. The topological polar surface area (TPSA) is 111 Å². The van der Waals surface area contributed by atoms with E-state index in [2.05, 4.69) is 15.5 Å². The molecule has 234 valence electrons. The lowest BCUT2D eigenvalue weighted by Gasteiger charge is -2.22. The molecular weight excluding hydrogens is 644 g/mol. The quantitative estimate of drug-likeness (QED) is 0.158. The number of thiophene rings is 1. The van der Waals surface area contributed by atoms with Crippen molar-refractivity contribution in [2.24, 2.45) is 5.10 Å². The highest BCUT2D eigenvalue weighted by molar-refractivity contribution is 7.99. The summed E-state index contributed by atoms with van der Waals surface area (Å²) in [6.45, 7) is -0.0598. The first-order chi connectivity index (χ1) is 22.5. The molecule has 1 N–H and O–H groups in total. The van der Waals surface area contributed by atoms with Crippen molar-refractivity contribution in [2.45, 2.75) is 24.2 Å². The number of rotatable bonds is 12. The Labute approximate surface area is 279 Å². The first-order valence-electron chi connectivity index (χ1n) is 14.3. The molecule has 13 heteroatoms. The van der Waals surface area contributed by atoms with Gasteiger partial charge in [-0.05, 0) is 59.5 Å². The fraction of sp³-hybridized carbons (Fsp3) is 0.182. The molecule has 2 amide bonds. The maximum Gasteiger partial charge on any atom is 0.258 e. The third kappa shape index (κ3) is 7.41. The minimum atomic E-state index is -0.313. The molecule has 46 heavy (non-hydrogen) atoms. The molecule has 10 nitrogen and oxygen atoms in total. The van der Waals surface area contributed by atoms with Gasteiger partial charge in [0.15, 0.2) is 17.6 Å². The van der Waals surface area contributed by atoms with E-state index in [1.807, 2.05) is 72.1 Å². The normalized spacial score (nSPS) is 14.2. The molecule has 0 unspecified atom stereocenters. The summed E-state index contributed by atoms with van der Waals surface area (Å²) in [6, 6.07) is 27.8. The molecule has 6 rings (SSSR count). The number of para-hydroxylation sites is 1. The number of methoxy groups -OCH3 is 1. The molecule has 0 aliphatic carbocycles. The van der Waals surface area contributed by atoms with Gasteiger partial charge in [-0.1, -0.05) is 65.8 Å². The average molecular weight is 673 g/mol. The van der Waals surface area contributed by atoms with Crippen molar-refractivity contribution < 1.29 is 19.1 Å². The average Bonchev–Trinajstić information content (AvgIpc) is 3.86. The van der Waals surface area contributed by atoms with E-state index < -0.39 is 0 Å². The largest absolute Gasteiger partial charge is 0.497 e. The number of nitrogens with zero attached hydrogens (tertiary/aromatic N) is 5. The number of hydrazone groups is 1. The molecular formula is C33H29ClN6O4S2. The molecule has 3 aromatic carbocycles. The Hall–Kier alpha value is -4.65. The van der Waals surface area contributed by atoms with Crippen LogP contribution in [0, 0.1) is 0 Å². The molecule has 0 saturated heterocycles. The van der Waals surface area contributed by atoms with Crippen molar-refractivity contribution in [1.29, 1.82) is 0 Å². The van der Waals surface area contributed by atoms with Crippen LogP contribution in [0.4, 0.5) is 0 Å². The van der Waals surface area contributed by atoms with Gasteiger partial charge < -0.3 is 14.8 Å². The van der Waals surface area contributed by atoms with Gasteiger partial charge in [-0.25, -0.2) is 5.01 Å². The summed E-state index contributed by atoms with van der Waals surface area (Å²) in [5.74, 6) is 1.38. The van der Waals surface area contributed by atoms with Crippen molar-refractivity contribution in [3.8, 4) is 17.2 Å². The minimum absolute atomic E-state index is 0.0594. The summed E-state index contributed by atoms with van der Waals surface area (Å²) in [5.41, 5.74) is 2.53. The summed E-state index contributed by atoms with van der Waals surface area (Å²) in [6.07, 6.45) is 0.597. The van der Waals surface area contributed by atoms with Crippen molar-refractivity contribution in [3.05, 3.63) is 118 Å². The summed E-state index contributed by atoms with van der Waals surface area (Å²) >= 11 is 9.16. The van der Waals surface area contributed by atoms with Crippen LogP contribution in [-0.4, -0.2) is 56.8 Å². The summed E-state index contributed by atoms with van der Waals surface area (Å²) < 4.78 is 12.7. The van der Waals surface area contributed by atoms with Gasteiger partial charge in [0, 0.05) is 11.4 Å². The molecule has 0 saturated carbocycles. The van der Waals surface area contributed by atoms with Crippen LogP contribution in [0.15, 0.2) is 107 Å². The number of aromatic nitrogens is 3. The van der Waals surface area contributed by atoms with Crippen LogP contribution >= 0.6 is 34.7 Å². The SMILES string of the molecule is COc1ccc([C@H]2CC(c3cccs3)=NN2C(=O)CSc2nnc(CNC(=O)COc3ccccc3)n2-c2cccc(Cl)c2)cc1. The highest BCUT2D eigenvalue weighted by atomic mass is 35.5. The van der Waals surface area contributed by atoms with Crippen molar-refractivity contribution in [3.63, 3.8) is 0 Å². The van der Waals surface area contributed by atoms with Gasteiger partial charge in [-0.15, -0.1) is 21.5 Å². The molecule has 1 aliphatic heterocycles. The Kier molecular flexibility index (Phi) is 9.97. The smallest absolute Gasteiger partial charge is 0.258 e. The van der Waals surface area contributed by atoms with Gasteiger partial charge in [0.1, 0.15) is 11.5 Å². The van der Waals surface area contributed by atoms with Crippen LogP contribution in [0.25, 0.3) is 5.69 Å². The molecule has 5 aromatic rings. The second-order valence-corrected chi connectivity index (χ2v) is 12.5. The minimum Gasteiger partial charge on any atom is -0.497 e. The second kappa shape index (κ2) is 14.6. The first-order valence-corrected chi connectivity index (χ1v) is 16.6. The third-order valence-electron chi connectivity index (χ3n) is 7.12. The predicted molar refractivity (Wildman–Crippen MR) is 179 cm³/mol. The lowest BCUT2D eigenvalue weighted by atomic mass is 10.0. The predicted octanol–water partition coefficient (Wildman–Crippen LogP) is 6.16. The Balaban J connectivity index is 1.19. The Morgan fingerprint density at radius 3 is 2.57 bits per heavy atom. The number of hydrogen-bond donors (Lipinski definition) is 1. The van der Waals surface area contributed by atoms with Crippen molar-refractivity contribution in [1.82, 2.24) is 25.1 Å². The van der Waals surface area contributed by atoms with Crippen LogP contribution in [-0.2, 0) is 16.1 Å². The fourth-order valence-electron chi connectivity index (χ4n) is 4.89. The molecule has 0 fully saturated rings. The first kappa shape index (κ1) is 31.3. The maximum atomic E-state index is 13.8. The number of ether oxygens (including phenoxy) is 2. The Bertz CT molecular complexity index is 1830. The number of nitrogens with one attached hydrogen (secondary N) is 1. The molecule has 2 aromatic heterocycles. The van der Waals surface area contributed by atoms with Gasteiger partial charge in [0.05, 0.1) is 41.7 Å². The summed E-state index contributed by atoms with van der Waals surface area (Å²) in [5, 5.41) is 20.9. The van der Waals surface area contributed by atoms with Crippen LogP contribution in [0.2, 0.25) is 5.02 Å². The fourth-order valence-corrected chi connectivity index (χ4v) is 6.62. The van der Waals surface area contributed by atoms with Crippen molar-refractivity contribution >= 4 is 52.2 Å². The van der Waals surface area contributed by atoms with Gasteiger partial charge >= 0.3 is 0 Å². The number of halogens is 1. The van der Waals surface area contributed by atoms with Gasteiger partial charge in [0.2, 0.25) is 0 Å². The molecule has 3 heterocycles. The van der Waals surface area contributed by atoms with E-state index in [1.54, 1.807) is 52.3 Å². The van der Waals surface area contributed by atoms with Gasteiger partial charge in [-0.2, -0.15) is 5.10 Å². The lowest BCUT2D eigenvalue weighted by Crippen LogP contribution is -2.29. The van der Waals surface area contributed by atoms with Crippen molar-refractivity contribution in [2.75, 3.05) is 19.5 Å². The van der Waals surface area contributed by atoms with E-state index in [4.69, 9.17) is 26.2 Å². The van der Waals surface area contributed by atoms with Gasteiger partial charge in [-0.3, -0.25) is 14.2 Å². The molecule has 0 radical (unpaired) electrons. The molecule has 0 spiro atoms. The summed E-state index contributed by atoms with van der Waals surface area (Å²) in [7, 11) is 1.62. The third-order valence-corrected chi connectivity index (χ3v) is 9.19. The van der Waals surface area contributed by atoms with E-state index in [0.717, 1.165) is 21.9 Å². The Morgan fingerprint density at radius 1 is 1.00 bits per heavy atom. The van der Waals surface area contributed by atoms with E-state index in [1.165, 1.54) is 11.8 Å². The number of carbonyl (C=O) groups is 2. The number of thioether (sulfide) groups is 1. The monoisotopic (exact) mass is 672 g/mol. The zero-order chi connectivity index (χ0) is 31.9. The number of benzene rings is 3. The highest BCUT2D eigenvalue weighted by Crippen LogP contribution is 2.35. The van der Waals surface area contributed by atoms with Crippen LogP contribution < -0.4 is 14.8 Å². The zero-order valence-electron chi connectivity index (χ0n) is 24.7. The number of hydrogen-bond acceptors (Lipinski definition) is 9. The van der Waals surface area contributed by atoms with Gasteiger partial charge in [0.25, 0.3) is 11.8 Å². The van der Waals surface area contributed by atoms with Crippen LogP contribution in [0.3, 0.4) is 0 Å². The van der Waals surface area contributed by atoms with E-state index in [9.17, 15) is 9.59 Å². The molecule has 1 aliphatic rings. The zero-order valence-corrected chi connectivity index (χ0v) is 27.1. The van der Waals surface area contributed by atoms with E-state index in [-0.39, 0.29) is 36.8 Å². The standard InChI is InChI=1S/C33H29ClN6O4S2/c1-43-25-14-12-22(13-15-25)28-18-27(29-11-6-16-45-29)38-40(28)32(42)21-46-33-37-36-30(39(33)24-8-5-7-23(34)17-24)19-35-31(41)20-44-26-9-3-2-4-10-26/h2-17,28H,18-21H2,1H3,(H,35,41)/t28-/m1/s1. The maximum absolute atomic E-state index is 13.8. The number of carbonyl (C=O) groups excluding carboxylic acids is 2. The molecule has 0 bridgehead atoms. The Morgan fingerprint density at radius 2 is 1.83 bits per heavy atom. The number of amides is 2. The van der Waals surface area contributed by atoms with Crippen LogP contribution in [0.1, 0.15) is 28.7 Å².